The SMILES string of the molecule is COc1ccc(NC(=O)[C@H]2CC(=O)N(c3cc(C)ccc3OC)C2)cn1. The molecule has 1 aromatic carbocycles. The highest BCUT2D eigenvalue weighted by Crippen LogP contribution is 2.34. The molecule has 1 aliphatic heterocycles. The molecule has 7 heteroatoms. The highest BCUT2D eigenvalue weighted by atomic mass is 16.5. The van der Waals surface area contributed by atoms with Gasteiger partial charge in [0.05, 0.1) is 37.7 Å². The molecule has 1 N–H and O–H groups in total. The largest absolute Gasteiger partial charge is 0.495 e. The Bertz CT molecular complexity index is 820. The fourth-order valence-electron chi connectivity index (χ4n) is 2.95. The number of methoxy groups -OCH3 is 2. The molecule has 2 heterocycles. The summed E-state index contributed by atoms with van der Waals surface area (Å²) >= 11 is 0. The fourth-order valence-corrected chi connectivity index (χ4v) is 2.95. The molecular weight excluding hydrogens is 334 g/mol. The lowest BCUT2D eigenvalue weighted by atomic mass is 10.1. The Labute approximate surface area is 151 Å². The van der Waals surface area contributed by atoms with Gasteiger partial charge in [-0.1, -0.05) is 6.07 Å². The summed E-state index contributed by atoms with van der Waals surface area (Å²) in [5.74, 6) is 0.345. The Hall–Kier alpha value is -3.09. The first kappa shape index (κ1) is 17.7. The standard InChI is InChI=1S/C19H21N3O4/c1-12-4-6-16(25-2)15(8-12)22-11-13(9-18(22)23)19(24)21-14-5-7-17(26-3)20-10-14/h4-8,10,13H,9,11H2,1-3H3,(H,21,24)/t13-/m0/s1. The monoisotopic (exact) mass is 355 g/mol. The van der Waals surface area contributed by atoms with Gasteiger partial charge in [0.25, 0.3) is 0 Å². The minimum absolute atomic E-state index is 0.0955. The Morgan fingerprint density at radius 1 is 1.23 bits per heavy atom. The number of amides is 2. The van der Waals surface area contributed by atoms with Crippen molar-refractivity contribution in [1.29, 1.82) is 0 Å². The summed E-state index contributed by atoms with van der Waals surface area (Å²) in [5, 5.41) is 2.80. The molecule has 1 aromatic heterocycles. The van der Waals surface area contributed by atoms with Gasteiger partial charge < -0.3 is 19.7 Å². The summed E-state index contributed by atoms with van der Waals surface area (Å²) < 4.78 is 10.4. The lowest BCUT2D eigenvalue weighted by molar-refractivity contribution is -0.122. The number of carbonyl (C=O) groups is 2. The second kappa shape index (κ2) is 7.43. The van der Waals surface area contributed by atoms with Crippen molar-refractivity contribution in [3.8, 4) is 11.6 Å². The zero-order valence-corrected chi connectivity index (χ0v) is 15.0. The van der Waals surface area contributed by atoms with Crippen molar-refractivity contribution in [2.24, 2.45) is 5.92 Å². The number of carbonyl (C=O) groups excluding carboxylic acids is 2. The van der Waals surface area contributed by atoms with E-state index in [9.17, 15) is 9.59 Å². The molecule has 26 heavy (non-hydrogen) atoms. The molecule has 1 aliphatic rings. The van der Waals surface area contributed by atoms with Crippen LogP contribution < -0.4 is 19.7 Å². The number of nitrogens with one attached hydrogen (secondary N) is 1. The average molecular weight is 355 g/mol. The smallest absolute Gasteiger partial charge is 0.229 e. The van der Waals surface area contributed by atoms with E-state index in [-0.39, 0.29) is 18.2 Å². The van der Waals surface area contributed by atoms with E-state index in [1.54, 1.807) is 24.1 Å². The van der Waals surface area contributed by atoms with Crippen molar-refractivity contribution >= 4 is 23.2 Å². The molecule has 2 amide bonds. The van der Waals surface area contributed by atoms with Crippen molar-refractivity contribution in [2.45, 2.75) is 13.3 Å². The van der Waals surface area contributed by atoms with Gasteiger partial charge in [-0.15, -0.1) is 0 Å². The van der Waals surface area contributed by atoms with Crippen molar-refractivity contribution < 1.29 is 19.1 Å². The second-order valence-electron chi connectivity index (χ2n) is 6.16. The number of benzene rings is 1. The molecule has 1 saturated heterocycles. The predicted molar refractivity (Wildman–Crippen MR) is 97.6 cm³/mol. The van der Waals surface area contributed by atoms with Gasteiger partial charge in [0.2, 0.25) is 17.7 Å². The molecule has 1 atom stereocenters. The van der Waals surface area contributed by atoms with Crippen molar-refractivity contribution in [3.63, 3.8) is 0 Å². The van der Waals surface area contributed by atoms with Crippen LogP contribution in [0.3, 0.4) is 0 Å². The minimum Gasteiger partial charge on any atom is -0.495 e. The fraction of sp³-hybridized carbons (Fsp3) is 0.316. The van der Waals surface area contributed by atoms with Crippen molar-refractivity contribution in [1.82, 2.24) is 4.98 Å². The summed E-state index contributed by atoms with van der Waals surface area (Å²) in [7, 11) is 3.09. The van der Waals surface area contributed by atoms with Gasteiger partial charge in [0.15, 0.2) is 0 Å². The molecule has 0 aliphatic carbocycles. The van der Waals surface area contributed by atoms with E-state index in [0.29, 0.717) is 29.5 Å². The van der Waals surface area contributed by atoms with E-state index in [2.05, 4.69) is 10.3 Å². The van der Waals surface area contributed by atoms with Crippen LogP contribution in [0.4, 0.5) is 11.4 Å². The number of aryl methyl sites for hydroxylation is 1. The van der Waals surface area contributed by atoms with Gasteiger partial charge in [-0.3, -0.25) is 9.59 Å². The Morgan fingerprint density at radius 3 is 2.69 bits per heavy atom. The summed E-state index contributed by atoms with van der Waals surface area (Å²) in [5.41, 5.74) is 2.28. The Kier molecular flexibility index (Phi) is 5.06. The molecule has 3 rings (SSSR count). The number of hydrogen-bond donors (Lipinski definition) is 1. The quantitative estimate of drug-likeness (QED) is 0.891. The van der Waals surface area contributed by atoms with E-state index in [1.165, 1.54) is 13.3 Å². The van der Waals surface area contributed by atoms with E-state index >= 15 is 0 Å². The van der Waals surface area contributed by atoms with Crippen LogP contribution in [0.25, 0.3) is 0 Å². The number of ether oxygens (including phenoxy) is 2. The molecule has 0 bridgehead atoms. The first-order chi connectivity index (χ1) is 12.5. The van der Waals surface area contributed by atoms with Crippen LogP contribution in [-0.2, 0) is 9.59 Å². The van der Waals surface area contributed by atoms with E-state index in [1.807, 2.05) is 25.1 Å². The number of aromatic nitrogens is 1. The highest BCUT2D eigenvalue weighted by Gasteiger charge is 2.36. The lowest BCUT2D eigenvalue weighted by Crippen LogP contribution is -2.28. The minimum atomic E-state index is -0.435. The normalized spacial score (nSPS) is 16.5. The van der Waals surface area contributed by atoms with Gasteiger partial charge in [-0.05, 0) is 30.7 Å². The summed E-state index contributed by atoms with van der Waals surface area (Å²) in [6.45, 7) is 2.26. The lowest BCUT2D eigenvalue weighted by Gasteiger charge is -2.20. The van der Waals surface area contributed by atoms with Gasteiger partial charge in [0.1, 0.15) is 5.75 Å². The predicted octanol–water partition coefficient (Wildman–Crippen LogP) is 2.40. The molecule has 2 aromatic rings. The van der Waals surface area contributed by atoms with Crippen LogP contribution >= 0.6 is 0 Å². The number of pyridine rings is 1. The first-order valence-corrected chi connectivity index (χ1v) is 8.27. The maximum Gasteiger partial charge on any atom is 0.229 e. The molecule has 7 nitrogen and oxygen atoms in total. The number of nitrogens with zero attached hydrogens (tertiary/aromatic N) is 2. The van der Waals surface area contributed by atoms with Gasteiger partial charge in [0, 0.05) is 19.0 Å². The van der Waals surface area contributed by atoms with E-state index in [4.69, 9.17) is 9.47 Å². The molecule has 136 valence electrons. The molecule has 1 fully saturated rings. The van der Waals surface area contributed by atoms with Gasteiger partial charge in [-0.25, -0.2) is 4.98 Å². The summed E-state index contributed by atoms with van der Waals surface area (Å²) in [6.07, 6.45) is 1.68. The van der Waals surface area contributed by atoms with Gasteiger partial charge >= 0.3 is 0 Å². The molecular formula is C19H21N3O4. The number of hydrogen-bond acceptors (Lipinski definition) is 5. The number of rotatable bonds is 5. The third-order valence-electron chi connectivity index (χ3n) is 4.33. The molecule has 0 radical (unpaired) electrons. The molecule has 0 unspecified atom stereocenters. The Balaban J connectivity index is 1.72. The number of anilines is 2. The Morgan fingerprint density at radius 2 is 2.04 bits per heavy atom. The second-order valence-corrected chi connectivity index (χ2v) is 6.16. The highest BCUT2D eigenvalue weighted by molar-refractivity contribution is 6.04. The third kappa shape index (κ3) is 3.61. The average Bonchev–Trinajstić information content (AvgIpc) is 3.04. The van der Waals surface area contributed by atoms with Crippen LogP contribution in [0, 0.1) is 12.8 Å². The third-order valence-corrected chi connectivity index (χ3v) is 4.33. The molecule has 0 spiro atoms. The zero-order valence-electron chi connectivity index (χ0n) is 15.0. The van der Waals surface area contributed by atoms with Crippen LogP contribution in [0.5, 0.6) is 11.6 Å². The topological polar surface area (TPSA) is 80.8 Å². The molecule has 0 saturated carbocycles. The van der Waals surface area contributed by atoms with Crippen LogP contribution in [-0.4, -0.2) is 37.6 Å². The van der Waals surface area contributed by atoms with Crippen molar-refractivity contribution in [3.05, 3.63) is 42.1 Å². The maximum atomic E-state index is 12.5. The van der Waals surface area contributed by atoms with Crippen LogP contribution in [0.15, 0.2) is 36.5 Å². The maximum absolute atomic E-state index is 12.5. The first-order valence-electron chi connectivity index (χ1n) is 8.27. The van der Waals surface area contributed by atoms with Gasteiger partial charge in [-0.2, -0.15) is 0 Å². The summed E-state index contributed by atoms with van der Waals surface area (Å²) in [4.78, 5) is 30.7. The zero-order chi connectivity index (χ0) is 18.7. The van der Waals surface area contributed by atoms with E-state index < -0.39 is 5.92 Å². The van der Waals surface area contributed by atoms with Crippen LogP contribution in [0.2, 0.25) is 0 Å². The summed E-state index contributed by atoms with van der Waals surface area (Å²) in [6, 6.07) is 9.02. The van der Waals surface area contributed by atoms with Crippen LogP contribution in [0.1, 0.15) is 12.0 Å². The van der Waals surface area contributed by atoms with E-state index in [0.717, 1.165) is 5.56 Å². The van der Waals surface area contributed by atoms with Crippen molar-refractivity contribution in [2.75, 3.05) is 31.0 Å².